The van der Waals surface area contributed by atoms with Crippen LogP contribution in [0.3, 0.4) is 0 Å². The molecule has 1 aromatic carbocycles. The molecule has 1 saturated heterocycles. The first kappa shape index (κ1) is 19.5. The first-order valence-corrected chi connectivity index (χ1v) is 10.4. The van der Waals surface area contributed by atoms with Crippen LogP contribution in [-0.4, -0.2) is 51.1 Å². The molecule has 4 rings (SSSR count). The standard InChI is InChI=1S/C21H26FN5O2/c22-17-9-4-3-8-16(17)21(29)23-13-19(28)26-11-6-7-15(14-26)20-25-24-18-10-2-1-5-12-27(18)20/h3-4,8-9,15H,1-2,5-7,10-14H2,(H,23,29). The van der Waals surface area contributed by atoms with E-state index in [1.54, 1.807) is 11.0 Å². The van der Waals surface area contributed by atoms with Crippen LogP contribution in [0.15, 0.2) is 24.3 Å². The van der Waals surface area contributed by atoms with Crippen LogP contribution in [0, 0.1) is 5.82 Å². The van der Waals surface area contributed by atoms with Gasteiger partial charge < -0.3 is 14.8 Å². The van der Waals surface area contributed by atoms with Gasteiger partial charge in [0, 0.05) is 32.0 Å². The van der Waals surface area contributed by atoms with Gasteiger partial charge in [-0.15, -0.1) is 10.2 Å². The van der Waals surface area contributed by atoms with Crippen LogP contribution >= 0.6 is 0 Å². The van der Waals surface area contributed by atoms with E-state index in [4.69, 9.17) is 0 Å². The lowest BCUT2D eigenvalue weighted by atomic mass is 9.97. The Kier molecular flexibility index (Phi) is 5.87. The van der Waals surface area contributed by atoms with Crippen molar-refractivity contribution in [3.05, 3.63) is 47.3 Å². The SMILES string of the molecule is O=C(NCC(=O)N1CCCC(c2nnc3n2CCCCC3)C1)c1ccccc1F. The van der Waals surface area contributed by atoms with Crippen molar-refractivity contribution >= 4 is 11.8 Å². The second-order valence-electron chi connectivity index (χ2n) is 7.78. The number of piperidine rings is 1. The number of nitrogens with zero attached hydrogens (tertiary/aromatic N) is 4. The Bertz CT molecular complexity index is 897. The molecule has 3 heterocycles. The number of aryl methyl sites for hydroxylation is 1. The summed E-state index contributed by atoms with van der Waals surface area (Å²) in [5.74, 6) is 0.868. The average Bonchev–Trinajstić information content (AvgIpc) is 3.00. The number of benzene rings is 1. The fraction of sp³-hybridized carbons (Fsp3) is 0.524. The molecule has 1 fully saturated rings. The molecule has 0 radical (unpaired) electrons. The van der Waals surface area contributed by atoms with Gasteiger partial charge in [-0.2, -0.15) is 0 Å². The normalized spacial score (nSPS) is 19.3. The first-order valence-electron chi connectivity index (χ1n) is 10.4. The summed E-state index contributed by atoms with van der Waals surface area (Å²) in [6, 6.07) is 5.75. The Morgan fingerprint density at radius 2 is 1.97 bits per heavy atom. The molecule has 0 spiro atoms. The molecular weight excluding hydrogens is 373 g/mol. The lowest BCUT2D eigenvalue weighted by molar-refractivity contribution is -0.131. The predicted octanol–water partition coefficient (Wildman–Crippen LogP) is 2.28. The molecule has 0 bridgehead atoms. The summed E-state index contributed by atoms with van der Waals surface area (Å²) in [4.78, 5) is 26.6. The van der Waals surface area contributed by atoms with Crippen molar-refractivity contribution in [3.8, 4) is 0 Å². The van der Waals surface area contributed by atoms with Crippen LogP contribution in [0.4, 0.5) is 4.39 Å². The highest BCUT2D eigenvalue weighted by molar-refractivity contribution is 5.96. The maximum absolute atomic E-state index is 13.7. The van der Waals surface area contributed by atoms with Crippen molar-refractivity contribution in [2.24, 2.45) is 0 Å². The molecule has 1 atom stereocenters. The minimum Gasteiger partial charge on any atom is -0.343 e. The minimum absolute atomic E-state index is 0.0528. The lowest BCUT2D eigenvalue weighted by Crippen LogP contribution is -2.45. The Morgan fingerprint density at radius 1 is 1.10 bits per heavy atom. The predicted molar refractivity (Wildman–Crippen MR) is 105 cm³/mol. The summed E-state index contributed by atoms with van der Waals surface area (Å²) < 4.78 is 16.0. The van der Waals surface area contributed by atoms with Gasteiger partial charge in [-0.25, -0.2) is 4.39 Å². The maximum atomic E-state index is 13.7. The number of amides is 2. The van der Waals surface area contributed by atoms with Gasteiger partial charge in [-0.3, -0.25) is 9.59 Å². The summed E-state index contributed by atoms with van der Waals surface area (Å²) >= 11 is 0. The van der Waals surface area contributed by atoms with E-state index in [0.717, 1.165) is 50.3 Å². The van der Waals surface area contributed by atoms with Gasteiger partial charge in [0.15, 0.2) is 0 Å². The molecule has 0 saturated carbocycles. The van der Waals surface area contributed by atoms with Gasteiger partial charge in [0.05, 0.1) is 12.1 Å². The van der Waals surface area contributed by atoms with Crippen LogP contribution < -0.4 is 5.32 Å². The maximum Gasteiger partial charge on any atom is 0.254 e. The molecule has 1 N–H and O–H groups in total. The zero-order valence-electron chi connectivity index (χ0n) is 16.4. The molecule has 1 unspecified atom stereocenters. The van der Waals surface area contributed by atoms with Crippen molar-refractivity contribution in [1.29, 1.82) is 0 Å². The summed E-state index contributed by atoms with van der Waals surface area (Å²) in [7, 11) is 0. The second kappa shape index (κ2) is 8.71. The molecule has 154 valence electrons. The third-order valence-corrected chi connectivity index (χ3v) is 5.80. The number of fused-ring (bicyclic) bond motifs is 1. The Morgan fingerprint density at radius 3 is 2.83 bits per heavy atom. The van der Waals surface area contributed by atoms with E-state index >= 15 is 0 Å². The molecule has 29 heavy (non-hydrogen) atoms. The average molecular weight is 399 g/mol. The van der Waals surface area contributed by atoms with Gasteiger partial charge in [0.2, 0.25) is 5.91 Å². The van der Waals surface area contributed by atoms with Crippen molar-refractivity contribution in [1.82, 2.24) is 25.0 Å². The molecule has 2 aliphatic rings. The summed E-state index contributed by atoms with van der Waals surface area (Å²) in [6.45, 7) is 2.04. The highest BCUT2D eigenvalue weighted by Gasteiger charge is 2.29. The molecule has 2 amide bonds. The van der Waals surface area contributed by atoms with Gasteiger partial charge in [-0.05, 0) is 37.8 Å². The van der Waals surface area contributed by atoms with Crippen LogP contribution in [0.25, 0.3) is 0 Å². The van der Waals surface area contributed by atoms with E-state index < -0.39 is 11.7 Å². The number of hydrogen-bond acceptors (Lipinski definition) is 4. The summed E-state index contributed by atoms with van der Waals surface area (Å²) in [5.41, 5.74) is -0.0528. The van der Waals surface area contributed by atoms with E-state index in [0.29, 0.717) is 13.1 Å². The van der Waals surface area contributed by atoms with Crippen LogP contribution in [-0.2, 0) is 17.8 Å². The smallest absolute Gasteiger partial charge is 0.254 e. The molecule has 1 aromatic heterocycles. The fourth-order valence-corrected chi connectivity index (χ4v) is 4.23. The zero-order chi connectivity index (χ0) is 20.2. The highest BCUT2D eigenvalue weighted by Crippen LogP contribution is 2.28. The monoisotopic (exact) mass is 399 g/mol. The highest BCUT2D eigenvalue weighted by atomic mass is 19.1. The topological polar surface area (TPSA) is 80.1 Å². The van der Waals surface area contributed by atoms with E-state index in [9.17, 15) is 14.0 Å². The first-order chi connectivity index (χ1) is 14.1. The number of halogens is 1. The van der Waals surface area contributed by atoms with E-state index in [2.05, 4.69) is 20.1 Å². The van der Waals surface area contributed by atoms with Gasteiger partial charge in [-0.1, -0.05) is 18.6 Å². The van der Waals surface area contributed by atoms with Crippen molar-refractivity contribution in [2.45, 2.75) is 51.0 Å². The number of rotatable bonds is 4. The van der Waals surface area contributed by atoms with Gasteiger partial charge in [0.25, 0.3) is 5.91 Å². The Balaban J connectivity index is 1.37. The third-order valence-electron chi connectivity index (χ3n) is 5.80. The minimum atomic E-state index is -0.594. The molecule has 7 nitrogen and oxygen atoms in total. The Hall–Kier alpha value is -2.77. The zero-order valence-corrected chi connectivity index (χ0v) is 16.4. The number of nitrogens with one attached hydrogen (secondary N) is 1. The Labute approximate surface area is 169 Å². The van der Waals surface area contributed by atoms with Crippen LogP contribution in [0.2, 0.25) is 0 Å². The molecular formula is C21H26FN5O2. The van der Waals surface area contributed by atoms with Gasteiger partial charge in [0.1, 0.15) is 17.5 Å². The van der Waals surface area contributed by atoms with Crippen molar-refractivity contribution < 1.29 is 14.0 Å². The lowest BCUT2D eigenvalue weighted by Gasteiger charge is -2.32. The van der Waals surface area contributed by atoms with Crippen molar-refractivity contribution in [2.75, 3.05) is 19.6 Å². The molecule has 0 aliphatic carbocycles. The van der Waals surface area contributed by atoms with E-state index in [-0.39, 0.29) is 23.9 Å². The molecule has 8 heteroatoms. The molecule has 2 aliphatic heterocycles. The van der Waals surface area contributed by atoms with Crippen molar-refractivity contribution in [3.63, 3.8) is 0 Å². The fourth-order valence-electron chi connectivity index (χ4n) is 4.23. The third kappa shape index (κ3) is 4.31. The number of carbonyl (C=O) groups is 2. The number of hydrogen-bond donors (Lipinski definition) is 1. The summed E-state index contributed by atoms with van der Waals surface area (Å²) in [6.07, 6.45) is 6.32. The number of likely N-dealkylation sites (tertiary alicyclic amines) is 1. The van der Waals surface area contributed by atoms with E-state index in [1.807, 2.05) is 0 Å². The number of carbonyl (C=O) groups excluding carboxylic acids is 2. The van der Waals surface area contributed by atoms with Crippen LogP contribution in [0.5, 0.6) is 0 Å². The number of aromatic nitrogens is 3. The van der Waals surface area contributed by atoms with Gasteiger partial charge >= 0.3 is 0 Å². The largest absolute Gasteiger partial charge is 0.343 e. The quantitative estimate of drug-likeness (QED) is 0.855. The van der Waals surface area contributed by atoms with Crippen LogP contribution in [0.1, 0.15) is 60.0 Å². The van der Waals surface area contributed by atoms with E-state index in [1.165, 1.54) is 24.6 Å². The second-order valence-corrected chi connectivity index (χ2v) is 7.78. The molecule has 2 aromatic rings. The summed E-state index contributed by atoms with van der Waals surface area (Å²) in [5, 5.41) is 11.4.